The Morgan fingerprint density at radius 3 is 1.00 bits per heavy atom. The molecule has 31 nitrogen and oxygen atoms in total. The molecule has 6 aliphatic heterocycles. The van der Waals surface area contributed by atoms with Crippen LogP contribution in [0.5, 0.6) is 17.2 Å². The van der Waals surface area contributed by atoms with Crippen molar-refractivity contribution < 1.29 is 147 Å². The normalized spacial score (nSPS) is 26.9. The molecule has 34 heteroatoms. The van der Waals surface area contributed by atoms with Gasteiger partial charge in [-0.1, -0.05) is 75.4 Å². The average molecular weight is 1840 g/mol. The lowest BCUT2D eigenvalue weighted by Crippen LogP contribution is -2.39. The number of nitrogens with zero attached hydrogens (tertiary/aromatic N) is 3. The van der Waals surface area contributed by atoms with Crippen molar-refractivity contribution in [2.75, 3.05) is 77.6 Å². The van der Waals surface area contributed by atoms with Crippen LogP contribution in [0.1, 0.15) is 223 Å². The minimum atomic E-state index is -1.57. The summed E-state index contributed by atoms with van der Waals surface area (Å²) in [7, 11) is 8.94. The van der Waals surface area contributed by atoms with E-state index in [0.29, 0.717) is 33.8 Å². The number of methoxy groups -OCH3 is 3. The fourth-order valence-electron chi connectivity index (χ4n) is 14.2. The number of carbonyl (C=O) groups is 7. The second kappa shape index (κ2) is 45.0. The number of hydrogen-bond donors (Lipinski definition) is 2. The average Bonchev–Trinajstić information content (AvgIpc) is 1.73. The largest absolute Gasteiger partial charge is 0.467 e. The van der Waals surface area contributed by atoms with Crippen LogP contribution < -0.4 is 28.9 Å². The number of anilines is 3. The van der Waals surface area contributed by atoms with Gasteiger partial charge < -0.3 is 100 Å². The summed E-state index contributed by atoms with van der Waals surface area (Å²) in [5.41, 5.74) is 0.621. The molecule has 4 aromatic rings. The van der Waals surface area contributed by atoms with Crippen LogP contribution in [0.2, 0.25) is 0 Å². The molecule has 0 aliphatic carbocycles. The third-order valence-corrected chi connectivity index (χ3v) is 21.2. The highest BCUT2D eigenvalue weighted by atomic mass is 19.1. The van der Waals surface area contributed by atoms with Crippen LogP contribution in [0.15, 0.2) is 121 Å². The van der Waals surface area contributed by atoms with Crippen molar-refractivity contribution >= 4 is 77.4 Å². The summed E-state index contributed by atoms with van der Waals surface area (Å²) in [6.45, 7) is 35.3. The summed E-state index contributed by atoms with van der Waals surface area (Å²) in [5.74, 6) is -9.99. The predicted molar refractivity (Wildman–Crippen MR) is 481 cm³/mol. The van der Waals surface area contributed by atoms with Crippen molar-refractivity contribution in [3.05, 3.63) is 160 Å². The van der Waals surface area contributed by atoms with Crippen LogP contribution >= 0.6 is 0 Å². The lowest BCUT2D eigenvalue weighted by atomic mass is 9.97. The minimum Gasteiger partial charge on any atom is -0.467 e. The SMILES string of the molecule is COCOc1cc(N(C)C(=O)OC(C)(C)C)cc2c1C(=O)O[C@@H](C)[C@H](C)/C=C(/F)C(O)[C@@H]1OC(C)(C)O[C@@H]1CC=C2.COCOc1cc(N(C)C(=O)OC(C)(C)C)cc2c1C(=O)O[C@@H](C)[C@H](C)/C=C(/F)C(O)[C@H]1OC(C)(C)O[C@H]1CC=C2.COCOc1cc(N(C)C(=O)OC(C)(C)C)cc2c1C(=O)O[C@@H](C)[C@H](C)/C=C(/F)C(OC(=O)c1ccccc1)C1OC(C)(C)OC1CC=C2. The first kappa shape index (κ1) is 106. The Morgan fingerprint density at radius 2 is 0.710 bits per heavy atom. The summed E-state index contributed by atoms with van der Waals surface area (Å²) < 4.78 is 155. The summed E-state index contributed by atoms with van der Waals surface area (Å²) in [5, 5.41) is 21.6. The zero-order chi connectivity index (χ0) is 97.5. The number of benzene rings is 4. The summed E-state index contributed by atoms with van der Waals surface area (Å²) >= 11 is 0. The molecule has 3 saturated heterocycles. The Hall–Kier alpha value is -10.2. The Morgan fingerprint density at radius 1 is 0.427 bits per heavy atom. The highest BCUT2D eigenvalue weighted by Crippen LogP contribution is 2.43. The molecule has 0 bridgehead atoms. The Bertz CT molecular complexity index is 4670. The summed E-state index contributed by atoms with van der Waals surface area (Å²) in [6, 6.07) is 17.7. The molecule has 3 amide bonds. The van der Waals surface area contributed by atoms with E-state index in [1.807, 2.05) is 0 Å². The van der Waals surface area contributed by atoms with Gasteiger partial charge in [0.1, 0.15) is 117 Å². The number of rotatable bonds is 14. The first-order valence-electron chi connectivity index (χ1n) is 43.3. The van der Waals surface area contributed by atoms with Gasteiger partial charge in [0.05, 0.1) is 40.9 Å². The Balaban J connectivity index is 0.000000244. The van der Waals surface area contributed by atoms with Gasteiger partial charge in [-0.15, -0.1) is 0 Å². The second-order valence-electron chi connectivity index (χ2n) is 37.0. The zero-order valence-corrected chi connectivity index (χ0v) is 79.9. The summed E-state index contributed by atoms with van der Waals surface area (Å²) in [6.07, 6.45) is 0.558. The zero-order valence-electron chi connectivity index (χ0n) is 79.9. The number of carbonyl (C=O) groups excluding carboxylic acids is 7. The highest BCUT2D eigenvalue weighted by molar-refractivity contribution is 6.01. The van der Waals surface area contributed by atoms with E-state index in [-0.39, 0.29) is 79.1 Å². The van der Waals surface area contributed by atoms with Crippen LogP contribution in [0.4, 0.5) is 44.6 Å². The van der Waals surface area contributed by atoms with Crippen LogP contribution in [0, 0.1) is 17.8 Å². The number of esters is 4. The fraction of sp³-hybridized carbons (Fsp3) is 0.557. The van der Waals surface area contributed by atoms with Crippen molar-refractivity contribution in [1.29, 1.82) is 0 Å². The maximum atomic E-state index is 16.2. The highest BCUT2D eigenvalue weighted by Gasteiger charge is 2.50. The standard InChI is InChI=1S/C37H46FNO10.2C30H42FNO9/c1-22-18-27(38)31(46-33(40)24-14-11-10-12-15-24)32-28(47-37(6,7)48-32)17-13-16-25-19-26(39(8)35(42)49-36(3,4)5)20-29(44-21-43-9)30(25)34(41)45-23(22)2;2*1-17-13-21(31)25(33)26-22(39-30(6,7)40-26)12-10-11-19-14-20(32(8)28(35)41-29(3,4)5)15-23(37-16-36-9)24(19)27(34)38-18(17)2/h10-16,18-20,22-23,28,31-32H,17,21H2,1-9H3;2*10-11,13-15,17-18,22,25-26,33H,12,16H2,1-9H3/b16-13?,27-18+;2*11-10?,21-13+/t22-,23+,28?,31?,32?;17-,18+,22+,25?,26+;17-,18+,22-,25?,26-/m111/s1. The van der Waals surface area contributed by atoms with E-state index in [4.69, 9.17) is 90.0 Å². The number of amides is 3. The molecule has 10 rings (SSSR count). The lowest BCUT2D eigenvalue weighted by molar-refractivity contribution is -0.154. The number of cyclic esters (lactones) is 3. The molecule has 4 aromatic carbocycles. The van der Waals surface area contributed by atoms with E-state index in [9.17, 15) is 43.8 Å². The Kier molecular flexibility index (Phi) is 36.4. The molecule has 5 unspecified atom stereocenters. The number of ether oxygens (including phenoxy) is 19. The number of aliphatic hydroxyl groups is 2. The molecule has 131 heavy (non-hydrogen) atoms. The number of fused-ring (bicyclic) bond motifs is 6. The molecule has 6 aliphatic rings. The molecule has 722 valence electrons. The lowest BCUT2D eigenvalue weighted by Gasteiger charge is -2.27. The first-order chi connectivity index (χ1) is 61.0. The van der Waals surface area contributed by atoms with Gasteiger partial charge in [-0.3, -0.25) is 14.7 Å². The van der Waals surface area contributed by atoms with Gasteiger partial charge >= 0.3 is 42.2 Å². The van der Waals surface area contributed by atoms with Gasteiger partial charge in [-0.2, -0.15) is 0 Å². The topological polar surface area (TPSA) is 345 Å². The third-order valence-electron chi connectivity index (χ3n) is 21.2. The molecule has 0 saturated carbocycles. The van der Waals surface area contributed by atoms with Gasteiger partial charge in [0.15, 0.2) is 43.8 Å². The first-order valence-corrected chi connectivity index (χ1v) is 43.3. The molecule has 2 N–H and O–H groups in total. The van der Waals surface area contributed by atoms with E-state index in [1.54, 1.807) is 252 Å². The minimum absolute atomic E-state index is 0.0744. The summed E-state index contributed by atoms with van der Waals surface area (Å²) in [4.78, 5) is 96.7. The predicted octanol–water partition coefficient (Wildman–Crippen LogP) is 18.0. The van der Waals surface area contributed by atoms with E-state index < -0.39 is 185 Å². The molecule has 15 atom stereocenters. The number of aliphatic hydroxyl groups excluding tert-OH is 2. The van der Waals surface area contributed by atoms with Crippen molar-refractivity contribution in [1.82, 2.24) is 0 Å². The van der Waals surface area contributed by atoms with Gasteiger partial charge in [0, 0.05) is 78.4 Å². The van der Waals surface area contributed by atoms with E-state index in [1.165, 1.54) is 72.5 Å². The van der Waals surface area contributed by atoms with Crippen LogP contribution in [-0.2, 0) is 75.8 Å². The van der Waals surface area contributed by atoms with Crippen LogP contribution in [0.25, 0.3) is 18.2 Å². The molecular weight excluding hydrogens is 1710 g/mol. The molecule has 6 heterocycles. The molecule has 0 aromatic heterocycles. The van der Waals surface area contributed by atoms with Gasteiger partial charge in [0.25, 0.3) is 0 Å². The quantitative estimate of drug-likeness (QED) is 0.0672. The second-order valence-corrected chi connectivity index (χ2v) is 37.0. The van der Waals surface area contributed by atoms with Crippen molar-refractivity contribution in [2.24, 2.45) is 17.8 Å². The van der Waals surface area contributed by atoms with Crippen LogP contribution in [-0.4, -0.2) is 223 Å². The van der Waals surface area contributed by atoms with Gasteiger partial charge in [0.2, 0.25) is 0 Å². The van der Waals surface area contributed by atoms with Crippen molar-refractivity contribution in [3.63, 3.8) is 0 Å². The van der Waals surface area contributed by atoms with Crippen molar-refractivity contribution in [2.45, 2.75) is 272 Å². The smallest absolute Gasteiger partial charge is 0.414 e. The molecule has 0 spiro atoms. The Labute approximate surface area is 765 Å². The molecule has 3 fully saturated rings. The third kappa shape index (κ3) is 29.6. The number of hydrogen-bond acceptors (Lipinski definition) is 28. The monoisotopic (exact) mass is 1840 g/mol. The molecular formula is C97H130F3N3O28. The molecule has 0 radical (unpaired) electrons. The van der Waals surface area contributed by atoms with Crippen LogP contribution in [0.3, 0.4) is 0 Å². The van der Waals surface area contributed by atoms with E-state index in [0.717, 1.165) is 0 Å². The van der Waals surface area contributed by atoms with Gasteiger partial charge in [-0.05, 0) is 209 Å². The number of halogens is 3. The van der Waals surface area contributed by atoms with E-state index in [2.05, 4.69) is 0 Å². The van der Waals surface area contributed by atoms with E-state index >= 15 is 13.2 Å². The van der Waals surface area contributed by atoms with Gasteiger partial charge in [-0.25, -0.2) is 46.7 Å². The maximum Gasteiger partial charge on any atom is 0.414 e. The maximum absolute atomic E-state index is 16.2. The fourth-order valence-corrected chi connectivity index (χ4v) is 14.2. The van der Waals surface area contributed by atoms with Crippen molar-refractivity contribution in [3.8, 4) is 17.2 Å².